The van der Waals surface area contributed by atoms with E-state index in [1.807, 2.05) is 7.05 Å². The Kier molecular flexibility index (Phi) is 6.39. The van der Waals surface area contributed by atoms with E-state index in [-0.39, 0.29) is 5.54 Å². The quantitative estimate of drug-likeness (QED) is 0.611. The molecule has 0 bridgehead atoms. The molecule has 0 aromatic rings. The van der Waals surface area contributed by atoms with Crippen molar-refractivity contribution < 1.29 is 4.74 Å². The largest absolute Gasteiger partial charge is 0.381 e. The van der Waals surface area contributed by atoms with Crippen molar-refractivity contribution in [2.45, 2.75) is 69.9 Å². The van der Waals surface area contributed by atoms with Gasteiger partial charge < -0.3 is 15.4 Å². The molecule has 3 rings (SSSR count). The number of ether oxygens (including phenoxy) is 1. The second-order valence-corrected chi connectivity index (χ2v) is 8.06. The van der Waals surface area contributed by atoms with Crippen LogP contribution in [0.1, 0.15) is 58.3 Å². The van der Waals surface area contributed by atoms with Crippen molar-refractivity contribution in [1.29, 1.82) is 0 Å². The van der Waals surface area contributed by atoms with Gasteiger partial charge in [0.25, 0.3) is 0 Å². The molecule has 2 heterocycles. The van der Waals surface area contributed by atoms with Crippen LogP contribution < -0.4 is 10.6 Å². The number of aliphatic imine (C=N–C) groups is 1. The molecule has 5 heteroatoms. The van der Waals surface area contributed by atoms with Crippen LogP contribution in [-0.2, 0) is 4.74 Å². The van der Waals surface area contributed by atoms with Gasteiger partial charge in [0.2, 0.25) is 0 Å². The lowest BCUT2D eigenvalue weighted by atomic mass is 9.87. The second-order valence-electron chi connectivity index (χ2n) is 8.06. The molecule has 0 aromatic heterocycles. The Hall–Kier alpha value is -0.810. The van der Waals surface area contributed by atoms with E-state index in [1.54, 1.807) is 0 Å². The van der Waals surface area contributed by atoms with Crippen LogP contribution in [0.5, 0.6) is 0 Å². The molecule has 0 amide bonds. The molecule has 0 aromatic carbocycles. The highest BCUT2D eigenvalue weighted by Gasteiger charge is 2.39. The van der Waals surface area contributed by atoms with Crippen molar-refractivity contribution in [1.82, 2.24) is 15.5 Å². The zero-order chi connectivity index (χ0) is 16.8. The first-order valence-electron chi connectivity index (χ1n) is 10.0. The minimum atomic E-state index is 0.257. The van der Waals surface area contributed by atoms with E-state index >= 15 is 0 Å². The first-order valence-corrected chi connectivity index (χ1v) is 10.0. The molecule has 0 spiro atoms. The molecule has 2 saturated heterocycles. The lowest BCUT2D eigenvalue weighted by Crippen LogP contribution is -2.59. The van der Waals surface area contributed by atoms with Crippen LogP contribution in [0.2, 0.25) is 0 Å². The van der Waals surface area contributed by atoms with Crippen LogP contribution in [0.25, 0.3) is 0 Å². The van der Waals surface area contributed by atoms with Crippen LogP contribution in [0.15, 0.2) is 4.99 Å². The molecule has 0 atom stereocenters. The molecule has 0 radical (unpaired) electrons. The number of nitrogens with zero attached hydrogens (tertiary/aromatic N) is 2. The van der Waals surface area contributed by atoms with Gasteiger partial charge in [-0.25, -0.2) is 0 Å². The Morgan fingerprint density at radius 3 is 2.42 bits per heavy atom. The third kappa shape index (κ3) is 4.42. The van der Waals surface area contributed by atoms with Gasteiger partial charge in [0.15, 0.2) is 5.96 Å². The zero-order valence-corrected chi connectivity index (χ0v) is 15.6. The van der Waals surface area contributed by atoms with E-state index in [0.717, 1.165) is 44.5 Å². The summed E-state index contributed by atoms with van der Waals surface area (Å²) in [6.45, 7) is 7.63. The van der Waals surface area contributed by atoms with E-state index < -0.39 is 0 Å². The second kappa shape index (κ2) is 8.52. The molecule has 1 aliphatic carbocycles. The smallest absolute Gasteiger partial charge is 0.191 e. The van der Waals surface area contributed by atoms with Gasteiger partial charge in [-0.05, 0) is 70.4 Å². The number of guanidine groups is 1. The fraction of sp³-hybridized carbons (Fsp3) is 0.947. The highest BCUT2D eigenvalue weighted by Crippen LogP contribution is 2.30. The van der Waals surface area contributed by atoms with E-state index in [9.17, 15) is 0 Å². The molecule has 24 heavy (non-hydrogen) atoms. The van der Waals surface area contributed by atoms with Crippen molar-refractivity contribution in [2.75, 3.05) is 39.9 Å². The summed E-state index contributed by atoms with van der Waals surface area (Å²) in [5, 5.41) is 7.32. The molecule has 138 valence electrons. The Balaban J connectivity index is 1.54. The maximum absolute atomic E-state index is 5.65. The molecule has 3 aliphatic rings. The number of hydrogen-bond acceptors (Lipinski definition) is 3. The summed E-state index contributed by atoms with van der Waals surface area (Å²) in [5.41, 5.74) is 0.257. The van der Waals surface area contributed by atoms with Gasteiger partial charge in [0.1, 0.15) is 0 Å². The number of hydrogen-bond donors (Lipinski definition) is 2. The Morgan fingerprint density at radius 1 is 1.12 bits per heavy atom. The first-order chi connectivity index (χ1) is 11.7. The summed E-state index contributed by atoms with van der Waals surface area (Å²) in [5.74, 6) is 1.87. The topological polar surface area (TPSA) is 48.9 Å². The molecular weight excluding hydrogens is 300 g/mol. The maximum Gasteiger partial charge on any atom is 0.191 e. The normalized spacial score (nSPS) is 31.8. The van der Waals surface area contributed by atoms with E-state index in [1.165, 1.54) is 51.6 Å². The van der Waals surface area contributed by atoms with Gasteiger partial charge in [-0.3, -0.25) is 9.89 Å². The lowest BCUT2D eigenvalue weighted by molar-refractivity contribution is -0.0164. The Labute approximate surface area is 147 Å². The molecule has 2 aliphatic heterocycles. The van der Waals surface area contributed by atoms with Crippen LogP contribution in [0.3, 0.4) is 0 Å². The van der Waals surface area contributed by atoms with Gasteiger partial charge in [0, 0.05) is 38.4 Å². The van der Waals surface area contributed by atoms with E-state index in [0.29, 0.717) is 6.04 Å². The van der Waals surface area contributed by atoms with Gasteiger partial charge in [-0.1, -0.05) is 6.92 Å². The summed E-state index contributed by atoms with van der Waals surface area (Å²) < 4.78 is 5.65. The van der Waals surface area contributed by atoms with Crippen LogP contribution in [-0.4, -0.2) is 62.3 Å². The summed E-state index contributed by atoms with van der Waals surface area (Å²) in [7, 11) is 1.90. The van der Waals surface area contributed by atoms with Gasteiger partial charge in [-0.2, -0.15) is 0 Å². The van der Waals surface area contributed by atoms with E-state index in [2.05, 4.69) is 27.4 Å². The first kappa shape index (κ1) is 18.0. The minimum absolute atomic E-state index is 0.257. The minimum Gasteiger partial charge on any atom is -0.381 e. The van der Waals surface area contributed by atoms with E-state index in [4.69, 9.17) is 4.74 Å². The third-order valence-corrected chi connectivity index (χ3v) is 6.37. The lowest BCUT2D eigenvalue weighted by Gasteiger charge is -2.45. The SMILES string of the molecule is CN=C(NCC1(N2CCCC2)CCOCC1)NC1CCC(C)CC1. The molecule has 2 N–H and O–H groups in total. The van der Waals surface area contributed by atoms with Crippen LogP contribution >= 0.6 is 0 Å². The van der Waals surface area contributed by atoms with Gasteiger partial charge in [-0.15, -0.1) is 0 Å². The predicted molar refractivity (Wildman–Crippen MR) is 99.5 cm³/mol. The summed E-state index contributed by atoms with van der Waals surface area (Å²) in [6.07, 6.45) is 10.2. The average molecular weight is 337 g/mol. The molecule has 3 fully saturated rings. The number of rotatable bonds is 4. The molecular formula is C19H36N4O. The average Bonchev–Trinajstić information content (AvgIpc) is 3.16. The van der Waals surface area contributed by atoms with Crippen molar-refractivity contribution in [2.24, 2.45) is 10.9 Å². The Morgan fingerprint density at radius 2 is 1.79 bits per heavy atom. The Bertz CT molecular complexity index is 406. The zero-order valence-electron chi connectivity index (χ0n) is 15.6. The van der Waals surface area contributed by atoms with Crippen molar-refractivity contribution >= 4 is 5.96 Å². The van der Waals surface area contributed by atoms with Crippen molar-refractivity contribution in [3.63, 3.8) is 0 Å². The van der Waals surface area contributed by atoms with Crippen molar-refractivity contribution in [3.8, 4) is 0 Å². The van der Waals surface area contributed by atoms with Crippen LogP contribution in [0, 0.1) is 5.92 Å². The molecule has 1 saturated carbocycles. The highest BCUT2D eigenvalue weighted by molar-refractivity contribution is 5.80. The monoisotopic (exact) mass is 336 g/mol. The fourth-order valence-corrected chi connectivity index (χ4v) is 4.59. The highest BCUT2D eigenvalue weighted by atomic mass is 16.5. The van der Waals surface area contributed by atoms with Crippen molar-refractivity contribution in [3.05, 3.63) is 0 Å². The number of nitrogens with one attached hydrogen (secondary N) is 2. The fourth-order valence-electron chi connectivity index (χ4n) is 4.59. The van der Waals surface area contributed by atoms with Crippen LogP contribution in [0.4, 0.5) is 0 Å². The standard InChI is InChI=1S/C19H36N4O/c1-16-5-7-17(8-6-16)22-18(20-2)21-15-19(9-13-24-14-10-19)23-11-3-4-12-23/h16-17H,3-15H2,1-2H3,(H2,20,21,22). The van der Waals surface area contributed by atoms with Gasteiger partial charge in [0.05, 0.1) is 0 Å². The number of likely N-dealkylation sites (tertiary alicyclic amines) is 1. The third-order valence-electron chi connectivity index (χ3n) is 6.37. The van der Waals surface area contributed by atoms with Gasteiger partial charge >= 0.3 is 0 Å². The summed E-state index contributed by atoms with van der Waals surface area (Å²) >= 11 is 0. The molecule has 5 nitrogen and oxygen atoms in total. The summed E-state index contributed by atoms with van der Waals surface area (Å²) in [6, 6.07) is 0.588. The summed E-state index contributed by atoms with van der Waals surface area (Å²) in [4.78, 5) is 7.19. The molecule has 0 unspecified atom stereocenters. The maximum atomic E-state index is 5.65. The predicted octanol–water partition coefficient (Wildman–Crippen LogP) is 2.38.